The minimum Gasteiger partial charge on any atom is -0.386 e. The first kappa shape index (κ1) is 10.9. The lowest BCUT2D eigenvalue weighted by Crippen LogP contribution is -2.24. The summed E-state index contributed by atoms with van der Waals surface area (Å²) in [5, 5.41) is 0. The minimum absolute atomic E-state index is 0.111. The molecule has 0 bridgehead atoms. The van der Waals surface area contributed by atoms with Crippen molar-refractivity contribution in [1.29, 1.82) is 0 Å². The molecule has 1 aliphatic heterocycles. The fourth-order valence-electron chi connectivity index (χ4n) is 2.43. The number of carbonyl (C=O) groups is 3. The quantitative estimate of drug-likeness (QED) is 0.516. The van der Waals surface area contributed by atoms with Crippen LogP contribution in [0.1, 0.15) is 50.5 Å². The van der Waals surface area contributed by atoms with Gasteiger partial charge >= 0.3 is 11.9 Å². The molecule has 0 atom stereocenters. The van der Waals surface area contributed by atoms with Crippen molar-refractivity contribution in [2.75, 3.05) is 0 Å². The van der Waals surface area contributed by atoms with E-state index in [-0.39, 0.29) is 22.3 Å². The Morgan fingerprint density at radius 2 is 1.72 bits per heavy atom. The fourth-order valence-corrected chi connectivity index (χ4v) is 2.43. The summed E-state index contributed by atoms with van der Waals surface area (Å²) in [4.78, 5) is 35.1. The van der Waals surface area contributed by atoms with Gasteiger partial charge in [-0.1, -0.05) is 26.0 Å². The molecule has 2 aliphatic rings. The smallest absolute Gasteiger partial charge is 0.347 e. The van der Waals surface area contributed by atoms with Gasteiger partial charge in [0.1, 0.15) is 0 Å². The number of cyclic esters (lactones) is 2. The van der Waals surface area contributed by atoms with Gasteiger partial charge in [-0.25, -0.2) is 9.59 Å². The van der Waals surface area contributed by atoms with Crippen molar-refractivity contribution in [3.63, 3.8) is 0 Å². The third kappa shape index (κ3) is 1.23. The van der Waals surface area contributed by atoms with Crippen LogP contribution in [0.25, 0.3) is 0 Å². The van der Waals surface area contributed by atoms with Crippen LogP contribution in [-0.2, 0) is 10.2 Å². The molecule has 0 aromatic heterocycles. The Hall–Kier alpha value is -2.23. The third-order valence-electron chi connectivity index (χ3n) is 3.41. The highest BCUT2D eigenvalue weighted by atomic mass is 16.6. The fraction of sp³-hybridized carbons (Fsp3) is 0.214. The number of benzene rings is 1. The van der Waals surface area contributed by atoms with E-state index in [0.717, 1.165) is 5.56 Å². The Kier molecular flexibility index (Phi) is 1.91. The lowest BCUT2D eigenvalue weighted by Gasteiger charge is -2.27. The van der Waals surface area contributed by atoms with Gasteiger partial charge in [-0.15, -0.1) is 0 Å². The minimum atomic E-state index is -0.730. The summed E-state index contributed by atoms with van der Waals surface area (Å²) in [6.07, 6.45) is 3.24. The van der Waals surface area contributed by atoms with Crippen LogP contribution in [0.4, 0.5) is 0 Å². The summed E-state index contributed by atoms with van der Waals surface area (Å²) in [5.74, 6) is -1.67. The second-order valence-corrected chi connectivity index (χ2v) is 5.01. The molecule has 0 saturated heterocycles. The summed E-state index contributed by atoms with van der Waals surface area (Å²) in [6.45, 7) is 3.90. The Balaban J connectivity index is 2.40. The van der Waals surface area contributed by atoms with E-state index in [4.69, 9.17) is 0 Å². The van der Waals surface area contributed by atoms with Gasteiger partial charge in [0.15, 0.2) is 5.78 Å². The Labute approximate surface area is 103 Å². The molecule has 4 nitrogen and oxygen atoms in total. The highest BCUT2D eigenvalue weighted by molar-refractivity contribution is 6.22. The summed E-state index contributed by atoms with van der Waals surface area (Å²) in [6, 6.07) is 3.27. The van der Waals surface area contributed by atoms with Gasteiger partial charge in [0, 0.05) is 11.0 Å². The van der Waals surface area contributed by atoms with Crippen LogP contribution in [0.2, 0.25) is 0 Å². The second kappa shape index (κ2) is 3.16. The highest BCUT2D eigenvalue weighted by Gasteiger charge is 2.39. The van der Waals surface area contributed by atoms with Crippen LogP contribution in [0.15, 0.2) is 24.3 Å². The molecule has 0 unspecified atom stereocenters. The van der Waals surface area contributed by atoms with Crippen LogP contribution in [0, 0.1) is 0 Å². The predicted molar refractivity (Wildman–Crippen MR) is 62.7 cm³/mol. The van der Waals surface area contributed by atoms with E-state index in [2.05, 4.69) is 4.74 Å². The lowest BCUT2D eigenvalue weighted by molar-refractivity contribution is 0.0442. The number of ketones is 1. The monoisotopic (exact) mass is 242 g/mol. The van der Waals surface area contributed by atoms with Crippen LogP contribution >= 0.6 is 0 Å². The molecular weight excluding hydrogens is 232 g/mol. The Bertz CT molecular complexity index is 650. The van der Waals surface area contributed by atoms with Crippen LogP contribution < -0.4 is 0 Å². The normalized spacial score (nSPS) is 19.6. The van der Waals surface area contributed by atoms with Gasteiger partial charge < -0.3 is 4.74 Å². The Morgan fingerprint density at radius 1 is 1.00 bits per heavy atom. The maximum absolute atomic E-state index is 12.0. The molecule has 90 valence electrons. The van der Waals surface area contributed by atoms with Gasteiger partial charge in [-0.2, -0.15) is 0 Å². The first-order chi connectivity index (χ1) is 8.42. The number of esters is 2. The summed E-state index contributed by atoms with van der Waals surface area (Å²) < 4.78 is 4.56. The molecule has 0 N–H and O–H groups in total. The first-order valence-corrected chi connectivity index (χ1v) is 5.59. The molecule has 1 aromatic carbocycles. The summed E-state index contributed by atoms with van der Waals surface area (Å²) in [7, 11) is 0. The zero-order chi connectivity index (χ0) is 13.1. The third-order valence-corrected chi connectivity index (χ3v) is 3.41. The summed E-state index contributed by atoms with van der Waals surface area (Å²) in [5.41, 5.74) is 0.999. The highest BCUT2D eigenvalue weighted by Crippen LogP contribution is 2.37. The van der Waals surface area contributed by atoms with Gasteiger partial charge in [0.25, 0.3) is 0 Å². The molecule has 0 spiro atoms. The van der Waals surface area contributed by atoms with Crippen LogP contribution in [0.3, 0.4) is 0 Å². The van der Waals surface area contributed by atoms with Gasteiger partial charge in [0.2, 0.25) is 0 Å². The van der Waals surface area contributed by atoms with Crippen molar-refractivity contribution in [3.8, 4) is 0 Å². The maximum atomic E-state index is 12.0. The number of hydrogen-bond acceptors (Lipinski definition) is 4. The SMILES string of the molecule is CC1(C)C=CC(=O)c2c1ccc1c2C(=O)OC1=O. The van der Waals surface area contributed by atoms with E-state index in [0.29, 0.717) is 5.56 Å². The number of hydrogen-bond donors (Lipinski definition) is 0. The predicted octanol–water partition coefficient (Wildman–Crippen LogP) is 2.03. The van der Waals surface area contributed by atoms with E-state index in [9.17, 15) is 14.4 Å². The first-order valence-electron chi connectivity index (χ1n) is 5.59. The number of allylic oxidation sites excluding steroid dienone is 2. The van der Waals surface area contributed by atoms with Crippen LogP contribution in [-0.4, -0.2) is 17.7 Å². The van der Waals surface area contributed by atoms with Crippen molar-refractivity contribution in [1.82, 2.24) is 0 Å². The van der Waals surface area contributed by atoms with Crippen molar-refractivity contribution >= 4 is 17.7 Å². The van der Waals surface area contributed by atoms with Gasteiger partial charge in [-0.3, -0.25) is 4.79 Å². The van der Waals surface area contributed by atoms with E-state index in [1.165, 1.54) is 6.08 Å². The summed E-state index contributed by atoms with van der Waals surface area (Å²) >= 11 is 0. The largest absolute Gasteiger partial charge is 0.386 e. The molecule has 0 amide bonds. The Morgan fingerprint density at radius 3 is 2.44 bits per heavy atom. The van der Waals surface area contributed by atoms with E-state index in [1.807, 2.05) is 13.8 Å². The maximum Gasteiger partial charge on any atom is 0.347 e. The molecule has 18 heavy (non-hydrogen) atoms. The molecule has 0 fully saturated rings. The van der Waals surface area contributed by atoms with E-state index >= 15 is 0 Å². The average molecular weight is 242 g/mol. The molecule has 4 heteroatoms. The van der Waals surface area contributed by atoms with E-state index in [1.54, 1.807) is 18.2 Å². The second-order valence-electron chi connectivity index (χ2n) is 5.01. The number of fused-ring (bicyclic) bond motifs is 3. The molecule has 0 saturated carbocycles. The molecule has 1 aromatic rings. The molecule has 0 radical (unpaired) electrons. The molecule has 1 heterocycles. The van der Waals surface area contributed by atoms with Crippen molar-refractivity contribution in [2.45, 2.75) is 19.3 Å². The zero-order valence-corrected chi connectivity index (χ0v) is 9.94. The number of rotatable bonds is 0. The zero-order valence-electron chi connectivity index (χ0n) is 9.94. The van der Waals surface area contributed by atoms with Gasteiger partial charge in [-0.05, 0) is 17.7 Å². The standard InChI is InChI=1S/C14H10O4/c1-14(2)6-5-9(15)11-8(14)4-3-7-10(11)13(17)18-12(7)16/h3-6H,1-2H3. The van der Waals surface area contributed by atoms with Crippen LogP contribution in [0.5, 0.6) is 0 Å². The number of carbonyl (C=O) groups excluding carboxylic acids is 3. The number of ether oxygens (including phenoxy) is 1. The molecule has 1 aliphatic carbocycles. The molecular formula is C14H10O4. The van der Waals surface area contributed by atoms with E-state index < -0.39 is 11.9 Å². The van der Waals surface area contributed by atoms with Crippen molar-refractivity contribution in [2.24, 2.45) is 0 Å². The molecule has 3 rings (SSSR count). The average Bonchev–Trinajstić information content (AvgIpc) is 2.60. The topological polar surface area (TPSA) is 60.4 Å². The van der Waals surface area contributed by atoms with Crippen molar-refractivity contribution < 1.29 is 19.1 Å². The lowest BCUT2D eigenvalue weighted by atomic mass is 9.75. The van der Waals surface area contributed by atoms with Gasteiger partial charge in [0.05, 0.1) is 11.1 Å². The van der Waals surface area contributed by atoms with Crippen molar-refractivity contribution in [3.05, 3.63) is 46.5 Å².